The van der Waals surface area contributed by atoms with Crippen LogP contribution in [0.15, 0.2) is 40.3 Å². The molecule has 3 aromatic heterocycles. The molecule has 0 aliphatic heterocycles. The molecule has 1 aliphatic rings. The highest BCUT2D eigenvalue weighted by molar-refractivity contribution is 7.99. The number of rotatable bonds is 4. The van der Waals surface area contributed by atoms with Crippen LogP contribution in [0.4, 0.5) is 5.69 Å². The minimum atomic E-state index is -0.0190. The van der Waals surface area contributed by atoms with Gasteiger partial charge in [0, 0.05) is 24.7 Å². The predicted octanol–water partition coefficient (Wildman–Crippen LogP) is 3.28. The number of thiophene rings is 1. The molecule has 30 heavy (non-hydrogen) atoms. The molecule has 0 saturated heterocycles. The molecule has 0 spiro atoms. The number of benzene rings is 1. The van der Waals surface area contributed by atoms with Crippen LogP contribution in [-0.2, 0) is 24.7 Å². The lowest BCUT2D eigenvalue weighted by atomic mass is 9.97. The summed E-state index contributed by atoms with van der Waals surface area (Å²) in [5.74, 6) is 0.730. The van der Waals surface area contributed by atoms with Crippen molar-refractivity contribution in [1.29, 1.82) is 0 Å². The fourth-order valence-electron chi connectivity index (χ4n) is 3.96. The molecular formula is C21H21N5O2S2. The van der Waals surface area contributed by atoms with Gasteiger partial charge in [0.25, 0.3) is 5.56 Å². The van der Waals surface area contributed by atoms with Gasteiger partial charge in [0.05, 0.1) is 11.1 Å². The van der Waals surface area contributed by atoms with Gasteiger partial charge in [-0.25, -0.2) is 4.40 Å². The molecule has 0 bridgehead atoms. The van der Waals surface area contributed by atoms with Gasteiger partial charge in [-0.15, -0.1) is 21.5 Å². The second kappa shape index (κ2) is 7.55. The normalized spacial score (nSPS) is 13.7. The predicted molar refractivity (Wildman–Crippen MR) is 121 cm³/mol. The number of anilines is 1. The molecule has 1 aliphatic carbocycles. The summed E-state index contributed by atoms with van der Waals surface area (Å²) in [5.41, 5.74) is 2.03. The molecule has 0 fully saturated rings. The van der Waals surface area contributed by atoms with Gasteiger partial charge in [-0.2, -0.15) is 0 Å². The van der Waals surface area contributed by atoms with E-state index in [0.717, 1.165) is 41.6 Å². The standard InChI is InChI=1S/C21H21N5O2S2/c1-24(13-8-4-3-5-9-13)16(27)12-29-21-23-22-20-25(2)18(28)17-14-10-6-7-11-15(14)30-19(17)26(20)21/h3-5,8-9H,6-7,10-12H2,1-2H3. The van der Waals surface area contributed by atoms with Crippen molar-refractivity contribution >= 4 is 50.7 Å². The van der Waals surface area contributed by atoms with E-state index in [1.165, 1.54) is 22.2 Å². The second-order valence-corrected chi connectivity index (χ2v) is 9.48. The van der Waals surface area contributed by atoms with Crippen molar-refractivity contribution in [2.45, 2.75) is 30.8 Å². The first-order chi connectivity index (χ1) is 14.6. The fraction of sp³-hybridized carbons (Fsp3) is 0.333. The monoisotopic (exact) mass is 439 g/mol. The summed E-state index contributed by atoms with van der Waals surface area (Å²) in [6, 6.07) is 9.56. The zero-order valence-electron chi connectivity index (χ0n) is 16.8. The first kappa shape index (κ1) is 19.3. The van der Waals surface area contributed by atoms with E-state index in [-0.39, 0.29) is 17.2 Å². The van der Waals surface area contributed by atoms with Crippen molar-refractivity contribution in [2.75, 3.05) is 17.7 Å². The van der Waals surface area contributed by atoms with Crippen LogP contribution in [0.25, 0.3) is 16.0 Å². The Kier molecular flexibility index (Phi) is 4.86. The third kappa shape index (κ3) is 3.04. The summed E-state index contributed by atoms with van der Waals surface area (Å²) in [7, 11) is 3.51. The van der Waals surface area contributed by atoms with Crippen LogP contribution in [0.3, 0.4) is 0 Å². The highest BCUT2D eigenvalue weighted by Gasteiger charge is 2.24. The molecule has 3 heterocycles. The van der Waals surface area contributed by atoms with Crippen LogP contribution in [0.2, 0.25) is 0 Å². The zero-order chi connectivity index (χ0) is 20.8. The average Bonchev–Trinajstić information content (AvgIpc) is 3.37. The van der Waals surface area contributed by atoms with Crippen LogP contribution >= 0.6 is 23.1 Å². The van der Waals surface area contributed by atoms with Crippen molar-refractivity contribution < 1.29 is 4.79 Å². The van der Waals surface area contributed by atoms with E-state index < -0.39 is 0 Å². The number of fused-ring (bicyclic) bond motifs is 5. The number of nitrogens with zero attached hydrogens (tertiary/aromatic N) is 5. The summed E-state index contributed by atoms with van der Waals surface area (Å²) in [5, 5.41) is 9.99. The Hall–Kier alpha value is -2.65. The van der Waals surface area contributed by atoms with E-state index >= 15 is 0 Å². The van der Waals surface area contributed by atoms with Crippen molar-refractivity contribution in [3.05, 3.63) is 51.1 Å². The Bertz CT molecular complexity index is 1320. The highest BCUT2D eigenvalue weighted by atomic mass is 32.2. The quantitative estimate of drug-likeness (QED) is 0.457. The Morgan fingerprint density at radius 1 is 1.20 bits per heavy atom. The second-order valence-electron chi connectivity index (χ2n) is 7.45. The Morgan fingerprint density at radius 3 is 2.77 bits per heavy atom. The van der Waals surface area contributed by atoms with Gasteiger partial charge < -0.3 is 4.90 Å². The lowest BCUT2D eigenvalue weighted by Crippen LogP contribution is -2.27. The summed E-state index contributed by atoms with van der Waals surface area (Å²) in [6.45, 7) is 0. The molecule has 0 N–H and O–H groups in total. The Labute approximate surface area is 181 Å². The minimum Gasteiger partial charge on any atom is -0.315 e. The Balaban J connectivity index is 1.53. The van der Waals surface area contributed by atoms with E-state index in [1.807, 2.05) is 34.7 Å². The first-order valence-electron chi connectivity index (χ1n) is 9.89. The van der Waals surface area contributed by atoms with Gasteiger partial charge in [0.1, 0.15) is 4.83 Å². The van der Waals surface area contributed by atoms with Crippen molar-refractivity contribution in [3.8, 4) is 0 Å². The number of carbonyl (C=O) groups is 1. The number of thioether (sulfide) groups is 1. The molecular weight excluding hydrogens is 418 g/mol. The molecule has 1 amide bonds. The van der Waals surface area contributed by atoms with Crippen LogP contribution in [0.1, 0.15) is 23.3 Å². The first-order valence-corrected chi connectivity index (χ1v) is 11.7. The number of hydrogen-bond donors (Lipinski definition) is 0. The summed E-state index contributed by atoms with van der Waals surface area (Å²) in [4.78, 5) is 29.6. The van der Waals surface area contributed by atoms with Gasteiger partial charge in [-0.3, -0.25) is 14.2 Å². The fourth-order valence-corrected chi connectivity index (χ4v) is 6.24. The molecule has 4 aromatic rings. The van der Waals surface area contributed by atoms with Crippen molar-refractivity contribution in [1.82, 2.24) is 19.2 Å². The number of amides is 1. The third-order valence-corrected chi connectivity index (χ3v) is 7.82. The summed E-state index contributed by atoms with van der Waals surface area (Å²) < 4.78 is 3.51. The van der Waals surface area contributed by atoms with Crippen molar-refractivity contribution in [3.63, 3.8) is 0 Å². The lowest BCUT2D eigenvalue weighted by molar-refractivity contribution is -0.115. The van der Waals surface area contributed by atoms with Gasteiger partial charge in [-0.05, 0) is 43.4 Å². The molecule has 9 heteroatoms. The highest BCUT2D eigenvalue weighted by Crippen LogP contribution is 2.36. The zero-order valence-corrected chi connectivity index (χ0v) is 18.4. The Morgan fingerprint density at radius 2 is 1.97 bits per heavy atom. The molecule has 7 nitrogen and oxygen atoms in total. The number of para-hydroxylation sites is 1. The van der Waals surface area contributed by atoms with E-state index in [2.05, 4.69) is 10.2 Å². The summed E-state index contributed by atoms with van der Waals surface area (Å²) in [6.07, 6.45) is 4.24. The van der Waals surface area contributed by atoms with Crippen LogP contribution in [0, 0.1) is 0 Å². The van der Waals surface area contributed by atoms with Crippen LogP contribution in [-0.4, -0.2) is 37.9 Å². The lowest BCUT2D eigenvalue weighted by Gasteiger charge is -2.16. The summed E-state index contributed by atoms with van der Waals surface area (Å²) >= 11 is 3.02. The smallest absolute Gasteiger partial charge is 0.263 e. The SMILES string of the molecule is CN(C(=O)CSc1nnc2n(C)c(=O)c3c4c(sc3n12)CCCC4)c1ccccc1. The van der Waals surface area contributed by atoms with Crippen LogP contribution in [0.5, 0.6) is 0 Å². The molecule has 0 atom stereocenters. The van der Waals surface area contributed by atoms with Crippen molar-refractivity contribution in [2.24, 2.45) is 7.05 Å². The number of aromatic nitrogens is 4. The largest absolute Gasteiger partial charge is 0.315 e. The average molecular weight is 440 g/mol. The minimum absolute atomic E-state index is 0.0132. The van der Waals surface area contributed by atoms with Gasteiger partial charge in [0.2, 0.25) is 11.7 Å². The van der Waals surface area contributed by atoms with E-state index in [1.54, 1.807) is 34.9 Å². The maximum Gasteiger partial charge on any atom is 0.263 e. The topological polar surface area (TPSA) is 72.5 Å². The molecule has 5 rings (SSSR count). The van der Waals surface area contributed by atoms with E-state index in [0.29, 0.717) is 10.9 Å². The number of hydrogen-bond acceptors (Lipinski definition) is 6. The maximum atomic E-state index is 13.0. The molecule has 154 valence electrons. The molecule has 1 aromatic carbocycles. The van der Waals surface area contributed by atoms with E-state index in [4.69, 9.17) is 0 Å². The molecule has 0 saturated carbocycles. The molecule has 0 radical (unpaired) electrons. The van der Waals surface area contributed by atoms with Gasteiger partial charge in [-0.1, -0.05) is 30.0 Å². The van der Waals surface area contributed by atoms with Gasteiger partial charge >= 0.3 is 0 Å². The van der Waals surface area contributed by atoms with Crippen LogP contribution < -0.4 is 10.5 Å². The molecule has 0 unspecified atom stereocenters. The number of aryl methyl sites for hydroxylation is 3. The van der Waals surface area contributed by atoms with Gasteiger partial charge in [0.15, 0.2) is 5.16 Å². The number of carbonyl (C=O) groups excluding carboxylic acids is 1. The van der Waals surface area contributed by atoms with E-state index in [9.17, 15) is 9.59 Å². The third-order valence-electron chi connectivity index (χ3n) is 5.63. The maximum absolute atomic E-state index is 13.0.